The van der Waals surface area contributed by atoms with Crippen molar-refractivity contribution in [2.24, 2.45) is 5.73 Å². The first-order valence-electron chi connectivity index (χ1n) is 4.41. The number of para-hydroxylation sites is 1. The second kappa shape index (κ2) is 4.27. The lowest BCUT2D eigenvalue weighted by molar-refractivity contribution is -0.135. The highest BCUT2D eigenvalue weighted by Gasteiger charge is 2.14. The summed E-state index contributed by atoms with van der Waals surface area (Å²) in [4.78, 5) is 22.7. The number of carbonyl (C=O) groups is 2. The number of benzene rings is 1. The molecular weight excluding hydrogens is 184 g/mol. The van der Waals surface area contributed by atoms with Crippen molar-refractivity contribution in [3.05, 3.63) is 30.3 Å². The summed E-state index contributed by atoms with van der Waals surface area (Å²) in [5.41, 5.74) is 2.08. The highest BCUT2D eigenvalue weighted by Crippen LogP contribution is 2.11. The van der Waals surface area contributed by atoms with E-state index in [4.69, 9.17) is 6.52 Å². The number of nitrogens with two attached hydrogens (primary N) is 1. The molecule has 14 heavy (non-hydrogen) atoms. The third kappa shape index (κ3) is 2.48. The van der Waals surface area contributed by atoms with Crippen molar-refractivity contribution >= 4 is 17.7 Å². The van der Waals surface area contributed by atoms with Crippen molar-refractivity contribution in [3.8, 4) is 0 Å². The van der Waals surface area contributed by atoms with Gasteiger partial charge in [0.2, 0.25) is 0 Å². The number of rotatable bonds is 3. The van der Waals surface area contributed by atoms with Crippen molar-refractivity contribution in [1.82, 2.24) is 0 Å². The predicted molar refractivity (Wildman–Crippen MR) is 51.0 cm³/mol. The number of hydrogen-bond donors (Lipinski definition) is 2. The molecule has 0 heterocycles. The van der Waals surface area contributed by atoms with E-state index in [-0.39, 0.29) is 0 Å². The van der Waals surface area contributed by atoms with E-state index in [1.807, 2.05) is 0 Å². The molecule has 5 heteroatoms. The average Bonchev–Trinajstić information content (AvgIpc) is 2.26. The molecule has 74 valence electrons. The lowest BCUT2D eigenvalue weighted by Crippen LogP contribution is -2.39. The summed E-state index contributed by atoms with van der Waals surface area (Å²) in [6.45, 7) is -0.477. The molecule has 0 saturated heterocycles. The van der Waals surface area contributed by atoms with Crippen LogP contribution in [0, 0.1) is 0 Å². The van der Waals surface area contributed by atoms with E-state index < -0.39 is 18.5 Å². The van der Waals surface area contributed by atoms with Gasteiger partial charge in [0.05, 0.1) is 0 Å². The largest absolute Gasteiger partial charge is 0.480 e. The highest BCUT2D eigenvalue weighted by atomic mass is 16.4. The van der Waals surface area contributed by atoms with Gasteiger partial charge < -0.3 is 10.8 Å². The van der Waals surface area contributed by atoms with Crippen LogP contribution >= 0.6 is 0 Å². The normalized spacial score (nSPS) is 10.1. The molecule has 0 atom stereocenters. The molecule has 3 N–H and O–H groups in total. The van der Waals surface area contributed by atoms with E-state index >= 15 is 0 Å². The Morgan fingerprint density at radius 3 is 2.57 bits per heavy atom. The first kappa shape index (κ1) is 8.55. The maximum atomic E-state index is 11.2. The zero-order valence-corrected chi connectivity index (χ0v) is 7.30. The van der Waals surface area contributed by atoms with Gasteiger partial charge in [-0.05, 0) is 12.1 Å². The Labute approximate surface area is 82.2 Å². The van der Waals surface area contributed by atoms with Crippen LogP contribution in [0.15, 0.2) is 30.3 Å². The van der Waals surface area contributed by atoms with Crippen LogP contribution in [0.25, 0.3) is 0 Å². The van der Waals surface area contributed by atoms with Crippen LogP contribution in [0.2, 0.25) is 1.41 Å². The first-order chi connectivity index (χ1) is 7.15. The molecule has 0 aliphatic carbocycles. The van der Waals surface area contributed by atoms with Crippen LogP contribution in [0.5, 0.6) is 0 Å². The average molecular weight is 195 g/mol. The number of anilines is 1. The molecule has 1 aromatic rings. The summed E-state index contributed by atoms with van der Waals surface area (Å²) in [5.74, 6) is -1.14. The van der Waals surface area contributed by atoms with Crippen LogP contribution in [-0.4, -0.2) is 23.7 Å². The summed E-state index contributed by atoms with van der Waals surface area (Å²) in [5, 5.41) is 8.61. The van der Waals surface area contributed by atoms with Gasteiger partial charge in [0, 0.05) is 5.69 Å². The Balaban J connectivity index is 2.91. The summed E-state index contributed by atoms with van der Waals surface area (Å²) in [6.07, 6.45) is 0. The molecule has 0 aliphatic rings. The Morgan fingerprint density at radius 1 is 1.43 bits per heavy atom. The number of carbonyl (C=O) groups excluding carboxylic acids is 1. The van der Waals surface area contributed by atoms with E-state index in [2.05, 4.69) is 0 Å². The fourth-order valence-electron chi connectivity index (χ4n) is 1.02. The van der Waals surface area contributed by atoms with Gasteiger partial charge in [-0.15, -0.1) is 0 Å². The molecule has 0 aliphatic heterocycles. The quantitative estimate of drug-likeness (QED) is 0.742. The summed E-state index contributed by atoms with van der Waals surface area (Å²) < 4.78 is 6.70. The number of carboxylic acid groups (broad SMARTS) is 1. The monoisotopic (exact) mass is 195 g/mol. The molecule has 2 amide bonds. The first-order valence-corrected chi connectivity index (χ1v) is 3.91. The van der Waals surface area contributed by atoms with Crippen LogP contribution in [0.4, 0.5) is 10.5 Å². The molecule has 0 unspecified atom stereocenters. The molecule has 1 rings (SSSR count). The number of amides is 2. The molecule has 5 nitrogen and oxygen atoms in total. The fourth-order valence-corrected chi connectivity index (χ4v) is 1.02. The van der Waals surface area contributed by atoms with Gasteiger partial charge in [-0.25, -0.2) is 4.79 Å². The molecule has 0 spiro atoms. The Hall–Kier alpha value is -2.04. The van der Waals surface area contributed by atoms with E-state index in [0.29, 0.717) is 5.69 Å². The van der Waals surface area contributed by atoms with E-state index in [0.717, 1.165) is 4.90 Å². The predicted octanol–water partition coefficient (Wildman–Crippen LogP) is 0.656. The minimum Gasteiger partial charge on any atom is -0.480 e. The second-order valence-corrected chi connectivity index (χ2v) is 2.62. The highest BCUT2D eigenvalue weighted by molar-refractivity contribution is 5.95. The lowest BCUT2D eigenvalue weighted by Gasteiger charge is -2.17. The minimum absolute atomic E-state index is 0.435. The van der Waals surface area contributed by atoms with E-state index in [9.17, 15) is 9.59 Å². The van der Waals surface area contributed by atoms with Crippen LogP contribution in [0.3, 0.4) is 0 Å². The summed E-state index contributed by atoms with van der Waals surface area (Å²) in [7, 11) is 0. The topological polar surface area (TPSA) is 83.6 Å². The zero-order valence-electron chi connectivity index (χ0n) is 8.30. The molecule has 0 radical (unpaired) electrons. The standard InChI is InChI=1S/C9H10N2O3/c10-9(14)11(6-8(12)13)7-4-2-1-3-5-7/h1-5H,6H2,(H2,10,14)(H,12,13)/i/hD. The number of nitrogens with zero attached hydrogens (tertiary/aromatic N) is 1. The van der Waals surface area contributed by atoms with Crippen molar-refractivity contribution in [2.75, 3.05) is 11.4 Å². The van der Waals surface area contributed by atoms with Crippen molar-refractivity contribution in [3.63, 3.8) is 0 Å². The van der Waals surface area contributed by atoms with Crippen LogP contribution in [0.1, 0.15) is 0 Å². The van der Waals surface area contributed by atoms with Gasteiger partial charge in [0.1, 0.15) is 6.54 Å². The molecule has 1 aromatic carbocycles. The van der Waals surface area contributed by atoms with Gasteiger partial charge in [-0.1, -0.05) is 18.2 Å². The van der Waals surface area contributed by atoms with Crippen LogP contribution in [-0.2, 0) is 4.79 Å². The van der Waals surface area contributed by atoms with E-state index in [1.165, 1.54) is 0 Å². The molecule has 0 bridgehead atoms. The Morgan fingerprint density at radius 2 is 2.07 bits per heavy atom. The number of primary amides is 1. The third-order valence-corrected chi connectivity index (χ3v) is 1.61. The second-order valence-electron chi connectivity index (χ2n) is 2.62. The number of hydrogen-bond acceptors (Lipinski definition) is 2. The maximum Gasteiger partial charge on any atom is 0.323 e. The maximum absolute atomic E-state index is 11.2. The van der Waals surface area contributed by atoms with Crippen LogP contribution < -0.4 is 10.6 Å². The Bertz CT molecular complexity index is 356. The fraction of sp³-hybridized carbons (Fsp3) is 0.111. The van der Waals surface area contributed by atoms with Crippen molar-refractivity contribution in [1.29, 1.82) is 0 Å². The minimum atomic E-state index is -1.14. The van der Waals surface area contributed by atoms with Crippen molar-refractivity contribution in [2.45, 2.75) is 0 Å². The Kier molecular flexibility index (Phi) is 2.61. The van der Waals surface area contributed by atoms with Gasteiger partial charge in [-0.3, -0.25) is 9.69 Å². The van der Waals surface area contributed by atoms with Gasteiger partial charge in [0.15, 0.2) is 1.41 Å². The molecular formula is C9H10N2O3. The zero-order chi connectivity index (χ0) is 11.3. The molecule has 0 saturated carbocycles. The molecule has 0 fully saturated rings. The SMILES string of the molecule is [2H]NC(=O)N(CC(=O)O)c1ccccc1. The van der Waals surface area contributed by atoms with Crippen molar-refractivity contribution < 1.29 is 16.1 Å². The van der Waals surface area contributed by atoms with Gasteiger partial charge in [-0.2, -0.15) is 0 Å². The van der Waals surface area contributed by atoms with Gasteiger partial charge >= 0.3 is 12.0 Å². The molecule has 0 aromatic heterocycles. The van der Waals surface area contributed by atoms with Gasteiger partial charge in [0.25, 0.3) is 0 Å². The number of carboxylic acids is 1. The summed E-state index contributed by atoms with van der Waals surface area (Å²) in [6, 6.07) is 7.53. The van der Waals surface area contributed by atoms with E-state index in [1.54, 1.807) is 36.1 Å². The number of urea groups is 1. The lowest BCUT2D eigenvalue weighted by atomic mass is 10.3. The smallest absolute Gasteiger partial charge is 0.323 e. The number of aliphatic carboxylic acids is 1. The summed E-state index contributed by atoms with van der Waals surface area (Å²) >= 11 is 0. The third-order valence-electron chi connectivity index (χ3n) is 1.61.